The highest BCUT2D eigenvalue weighted by Crippen LogP contribution is 2.15. The molecule has 1 saturated heterocycles. The van der Waals surface area contributed by atoms with E-state index in [1.165, 1.54) is 12.8 Å². The number of carbonyl (C=O) groups excluding carboxylic acids is 1. The molecule has 21 heavy (non-hydrogen) atoms. The molecule has 114 valence electrons. The maximum absolute atomic E-state index is 11.9. The number of nitrogens with one attached hydrogen (secondary N) is 1. The Bertz CT molecular complexity index is 469. The SMILES string of the molecule is CC1CCCN(CC(C)NC(=O)/C=C/c2ccccc2)C1. The topological polar surface area (TPSA) is 32.3 Å². The van der Waals surface area contributed by atoms with Crippen molar-refractivity contribution in [2.75, 3.05) is 19.6 Å². The summed E-state index contributed by atoms with van der Waals surface area (Å²) in [5.74, 6) is 0.760. The van der Waals surface area contributed by atoms with E-state index in [1.807, 2.05) is 36.4 Å². The van der Waals surface area contributed by atoms with Crippen molar-refractivity contribution >= 4 is 12.0 Å². The summed E-state index contributed by atoms with van der Waals surface area (Å²) in [6.07, 6.45) is 6.07. The molecule has 1 heterocycles. The van der Waals surface area contributed by atoms with E-state index < -0.39 is 0 Å². The third kappa shape index (κ3) is 5.72. The summed E-state index contributed by atoms with van der Waals surface area (Å²) >= 11 is 0. The Hall–Kier alpha value is -1.61. The Morgan fingerprint density at radius 1 is 1.43 bits per heavy atom. The van der Waals surface area contributed by atoms with Crippen molar-refractivity contribution in [1.82, 2.24) is 10.2 Å². The molecule has 0 saturated carbocycles. The summed E-state index contributed by atoms with van der Waals surface area (Å²) < 4.78 is 0. The fourth-order valence-electron chi connectivity index (χ4n) is 2.91. The lowest BCUT2D eigenvalue weighted by Crippen LogP contribution is -2.44. The molecule has 2 atom stereocenters. The lowest BCUT2D eigenvalue weighted by Gasteiger charge is -2.32. The number of hydrogen-bond acceptors (Lipinski definition) is 2. The molecule has 1 fully saturated rings. The van der Waals surface area contributed by atoms with Crippen LogP contribution in [-0.2, 0) is 4.79 Å². The van der Waals surface area contributed by atoms with E-state index in [0.29, 0.717) is 0 Å². The highest BCUT2D eigenvalue weighted by Gasteiger charge is 2.18. The molecule has 0 aromatic heterocycles. The van der Waals surface area contributed by atoms with E-state index in [4.69, 9.17) is 0 Å². The molecular formula is C18H26N2O. The van der Waals surface area contributed by atoms with Crippen LogP contribution in [0.3, 0.4) is 0 Å². The molecule has 2 unspecified atom stereocenters. The van der Waals surface area contributed by atoms with Crippen LogP contribution in [0.4, 0.5) is 0 Å². The van der Waals surface area contributed by atoms with Gasteiger partial charge in [0.05, 0.1) is 0 Å². The minimum atomic E-state index is -0.0172. The molecule has 0 spiro atoms. The van der Waals surface area contributed by atoms with Crippen molar-refractivity contribution < 1.29 is 4.79 Å². The van der Waals surface area contributed by atoms with Crippen LogP contribution in [-0.4, -0.2) is 36.5 Å². The van der Waals surface area contributed by atoms with Crippen LogP contribution in [0.5, 0.6) is 0 Å². The molecule has 0 aliphatic carbocycles. The van der Waals surface area contributed by atoms with E-state index in [0.717, 1.165) is 31.1 Å². The van der Waals surface area contributed by atoms with Crippen LogP contribution in [0.1, 0.15) is 32.3 Å². The van der Waals surface area contributed by atoms with Crippen LogP contribution in [0, 0.1) is 5.92 Å². The van der Waals surface area contributed by atoms with E-state index in [2.05, 4.69) is 24.1 Å². The first kappa shape index (κ1) is 15.8. The van der Waals surface area contributed by atoms with Crippen LogP contribution in [0.15, 0.2) is 36.4 Å². The minimum absolute atomic E-state index is 0.0172. The average molecular weight is 286 g/mol. The lowest BCUT2D eigenvalue weighted by molar-refractivity contribution is -0.117. The summed E-state index contributed by atoms with van der Waals surface area (Å²) in [5, 5.41) is 3.04. The standard InChI is InChI=1S/C18H26N2O/c1-15-7-6-12-20(13-15)14-16(2)19-18(21)11-10-17-8-4-3-5-9-17/h3-5,8-11,15-16H,6-7,12-14H2,1-2H3,(H,19,21)/b11-10+. The number of benzene rings is 1. The Labute approximate surface area is 128 Å². The largest absolute Gasteiger partial charge is 0.349 e. The third-order valence-electron chi connectivity index (χ3n) is 3.89. The van der Waals surface area contributed by atoms with Crippen molar-refractivity contribution in [2.45, 2.75) is 32.7 Å². The number of rotatable bonds is 5. The zero-order chi connectivity index (χ0) is 15.1. The molecule has 0 bridgehead atoms. The van der Waals surface area contributed by atoms with Crippen molar-refractivity contribution in [3.05, 3.63) is 42.0 Å². The van der Waals surface area contributed by atoms with Gasteiger partial charge in [0.25, 0.3) is 0 Å². The quantitative estimate of drug-likeness (QED) is 0.844. The van der Waals surface area contributed by atoms with Gasteiger partial charge >= 0.3 is 0 Å². The summed E-state index contributed by atoms with van der Waals surface area (Å²) in [4.78, 5) is 14.4. The van der Waals surface area contributed by atoms with Crippen molar-refractivity contribution in [3.8, 4) is 0 Å². The first-order valence-electron chi connectivity index (χ1n) is 7.89. The van der Waals surface area contributed by atoms with Gasteiger partial charge in [0.15, 0.2) is 0 Å². The molecule has 1 amide bonds. The smallest absolute Gasteiger partial charge is 0.244 e. The fraction of sp³-hybridized carbons (Fsp3) is 0.500. The second-order valence-electron chi connectivity index (χ2n) is 6.16. The average Bonchev–Trinajstić information content (AvgIpc) is 2.46. The van der Waals surface area contributed by atoms with Crippen molar-refractivity contribution in [3.63, 3.8) is 0 Å². The predicted molar refractivity (Wildman–Crippen MR) is 87.9 cm³/mol. The molecule has 1 N–H and O–H groups in total. The maximum Gasteiger partial charge on any atom is 0.244 e. The highest BCUT2D eigenvalue weighted by atomic mass is 16.1. The van der Waals surface area contributed by atoms with Gasteiger partial charge < -0.3 is 10.2 Å². The van der Waals surface area contributed by atoms with Crippen LogP contribution in [0.25, 0.3) is 6.08 Å². The van der Waals surface area contributed by atoms with Gasteiger partial charge in [0.1, 0.15) is 0 Å². The van der Waals surface area contributed by atoms with Crippen molar-refractivity contribution in [1.29, 1.82) is 0 Å². The van der Waals surface area contributed by atoms with Crippen LogP contribution >= 0.6 is 0 Å². The molecule has 3 heteroatoms. The van der Waals surface area contributed by atoms with Gasteiger partial charge in [-0.3, -0.25) is 4.79 Å². The van der Waals surface area contributed by atoms with E-state index in [9.17, 15) is 4.79 Å². The zero-order valence-electron chi connectivity index (χ0n) is 13.1. The van der Waals surface area contributed by atoms with Gasteiger partial charge in [-0.15, -0.1) is 0 Å². The highest BCUT2D eigenvalue weighted by molar-refractivity contribution is 5.91. The number of likely N-dealkylation sites (tertiary alicyclic amines) is 1. The summed E-state index contributed by atoms with van der Waals surface area (Å²) in [6.45, 7) is 7.63. The molecule has 2 rings (SSSR count). The first-order valence-corrected chi connectivity index (χ1v) is 7.89. The monoisotopic (exact) mass is 286 g/mol. The Kier molecular flexibility index (Phi) is 6.00. The molecule has 3 nitrogen and oxygen atoms in total. The predicted octanol–water partition coefficient (Wildman–Crippen LogP) is 2.94. The van der Waals surface area contributed by atoms with Crippen LogP contribution < -0.4 is 5.32 Å². The van der Waals surface area contributed by atoms with Gasteiger partial charge in [-0.1, -0.05) is 37.3 Å². The Morgan fingerprint density at radius 3 is 2.90 bits per heavy atom. The number of piperidine rings is 1. The normalized spacial score (nSPS) is 21.3. The number of amides is 1. The molecular weight excluding hydrogens is 260 g/mol. The maximum atomic E-state index is 11.9. The number of nitrogens with zero attached hydrogens (tertiary/aromatic N) is 1. The summed E-state index contributed by atoms with van der Waals surface area (Å²) in [5.41, 5.74) is 1.05. The van der Waals surface area contributed by atoms with E-state index in [-0.39, 0.29) is 11.9 Å². The molecule has 0 radical (unpaired) electrons. The third-order valence-corrected chi connectivity index (χ3v) is 3.89. The number of carbonyl (C=O) groups is 1. The van der Waals surface area contributed by atoms with Gasteiger partial charge in [0.2, 0.25) is 5.91 Å². The minimum Gasteiger partial charge on any atom is -0.349 e. The summed E-state index contributed by atoms with van der Waals surface area (Å²) in [7, 11) is 0. The van der Waals surface area contributed by atoms with Gasteiger partial charge in [-0.05, 0) is 43.9 Å². The first-order chi connectivity index (χ1) is 10.1. The molecule has 1 aliphatic rings. The number of hydrogen-bond donors (Lipinski definition) is 1. The Morgan fingerprint density at radius 2 is 2.19 bits per heavy atom. The molecule has 1 aliphatic heterocycles. The lowest BCUT2D eigenvalue weighted by atomic mass is 10.00. The zero-order valence-corrected chi connectivity index (χ0v) is 13.1. The molecule has 1 aromatic rings. The van der Waals surface area contributed by atoms with Crippen LogP contribution in [0.2, 0.25) is 0 Å². The van der Waals surface area contributed by atoms with Crippen molar-refractivity contribution in [2.24, 2.45) is 5.92 Å². The fourth-order valence-corrected chi connectivity index (χ4v) is 2.91. The summed E-state index contributed by atoms with van der Waals surface area (Å²) in [6, 6.07) is 10.1. The molecule has 1 aromatic carbocycles. The van der Waals surface area contributed by atoms with E-state index >= 15 is 0 Å². The van der Waals surface area contributed by atoms with Gasteiger partial charge in [0, 0.05) is 25.2 Å². The van der Waals surface area contributed by atoms with Gasteiger partial charge in [-0.25, -0.2) is 0 Å². The second kappa shape index (κ2) is 7.99. The van der Waals surface area contributed by atoms with E-state index in [1.54, 1.807) is 6.08 Å². The van der Waals surface area contributed by atoms with Gasteiger partial charge in [-0.2, -0.15) is 0 Å². The Balaban J connectivity index is 1.75. The second-order valence-corrected chi connectivity index (χ2v) is 6.16.